The number of pyridine rings is 1. The van der Waals surface area contributed by atoms with Gasteiger partial charge in [-0.15, -0.1) is 0 Å². The van der Waals surface area contributed by atoms with Crippen molar-refractivity contribution in [3.8, 4) is 5.69 Å². The molecule has 24 heavy (non-hydrogen) atoms. The van der Waals surface area contributed by atoms with Crippen LogP contribution in [0.3, 0.4) is 0 Å². The molecule has 0 amide bonds. The molecule has 0 unspecified atom stereocenters. The Balaban J connectivity index is 2.18. The lowest BCUT2D eigenvalue weighted by Gasteiger charge is -2.22. The first-order chi connectivity index (χ1) is 11.5. The minimum absolute atomic E-state index is 0.801. The highest BCUT2D eigenvalue weighted by Crippen LogP contribution is 2.36. The van der Waals surface area contributed by atoms with Crippen LogP contribution >= 0.6 is 15.9 Å². The number of hydrogen-bond donors (Lipinski definition) is 1. The summed E-state index contributed by atoms with van der Waals surface area (Å²) >= 11 is 3.57. The first-order valence-electron chi connectivity index (χ1n) is 7.83. The van der Waals surface area contributed by atoms with Crippen LogP contribution in [-0.2, 0) is 5.60 Å². The second-order valence-corrected chi connectivity index (χ2v) is 7.38. The molecule has 0 bridgehead atoms. The molecule has 0 aliphatic carbocycles. The lowest BCUT2D eigenvalue weighted by Crippen LogP contribution is -2.19. The fourth-order valence-electron chi connectivity index (χ4n) is 3.26. The van der Waals surface area contributed by atoms with Gasteiger partial charge in [0.05, 0.1) is 22.3 Å². The summed E-state index contributed by atoms with van der Waals surface area (Å²) in [5, 5.41) is 13.0. The molecule has 4 rings (SSSR count). The number of rotatable bonds is 2. The lowest BCUT2D eigenvalue weighted by molar-refractivity contribution is 0.0782. The van der Waals surface area contributed by atoms with Crippen LogP contribution in [0.5, 0.6) is 0 Å². The Morgan fingerprint density at radius 3 is 2.54 bits per heavy atom. The van der Waals surface area contributed by atoms with Crippen molar-refractivity contribution < 1.29 is 5.11 Å². The van der Waals surface area contributed by atoms with Gasteiger partial charge in [-0.25, -0.2) is 0 Å². The average molecular weight is 381 g/mol. The zero-order valence-electron chi connectivity index (χ0n) is 13.5. The summed E-state index contributed by atoms with van der Waals surface area (Å²) in [6.07, 6.45) is 3.51. The van der Waals surface area contributed by atoms with Gasteiger partial charge in [-0.05, 0) is 44.2 Å². The van der Waals surface area contributed by atoms with Crippen molar-refractivity contribution in [1.29, 1.82) is 0 Å². The molecule has 1 N–H and O–H groups in total. The average Bonchev–Trinajstić information content (AvgIpc) is 2.88. The Bertz CT molecular complexity index is 1060. The van der Waals surface area contributed by atoms with Gasteiger partial charge in [0.1, 0.15) is 0 Å². The third-order valence-corrected chi connectivity index (χ3v) is 4.83. The number of halogens is 1. The van der Waals surface area contributed by atoms with Crippen LogP contribution in [0.25, 0.3) is 27.5 Å². The fraction of sp³-hybridized carbons (Fsp3) is 0.150. The van der Waals surface area contributed by atoms with E-state index in [4.69, 9.17) is 0 Å². The quantitative estimate of drug-likeness (QED) is 0.520. The molecule has 0 saturated heterocycles. The summed E-state index contributed by atoms with van der Waals surface area (Å²) in [7, 11) is 0. The van der Waals surface area contributed by atoms with Crippen molar-refractivity contribution in [2.75, 3.05) is 0 Å². The van der Waals surface area contributed by atoms with E-state index in [-0.39, 0.29) is 0 Å². The molecule has 4 heteroatoms. The summed E-state index contributed by atoms with van der Waals surface area (Å²) in [5.74, 6) is 0. The maximum Gasteiger partial charge on any atom is 0.0875 e. The van der Waals surface area contributed by atoms with E-state index in [0.717, 1.165) is 26.8 Å². The Kier molecular flexibility index (Phi) is 3.48. The minimum atomic E-state index is -0.976. The maximum atomic E-state index is 10.6. The highest BCUT2D eigenvalue weighted by molar-refractivity contribution is 9.10. The van der Waals surface area contributed by atoms with Crippen LogP contribution < -0.4 is 0 Å². The molecule has 0 saturated carbocycles. The van der Waals surface area contributed by atoms with Gasteiger partial charge in [0.2, 0.25) is 0 Å². The second-order valence-electron chi connectivity index (χ2n) is 6.47. The van der Waals surface area contributed by atoms with Gasteiger partial charge in [-0.1, -0.05) is 34.1 Å². The number of fused-ring (bicyclic) bond motifs is 3. The lowest BCUT2D eigenvalue weighted by atomic mass is 9.98. The summed E-state index contributed by atoms with van der Waals surface area (Å²) in [4.78, 5) is 4.22. The van der Waals surface area contributed by atoms with E-state index in [9.17, 15) is 5.11 Å². The van der Waals surface area contributed by atoms with Crippen molar-refractivity contribution in [2.45, 2.75) is 19.4 Å². The normalized spacial score (nSPS) is 12.2. The molecular weight excluding hydrogens is 364 g/mol. The molecule has 0 aliphatic rings. The Morgan fingerprint density at radius 1 is 1.00 bits per heavy atom. The van der Waals surface area contributed by atoms with Gasteiger partial charge in [0.25, 0.3) is 0 Å². The van der Waals surface area contributed by atoms with Gasteiger partial charge in [0, 0.05) is 33.2 Å². The zero-order valence-corrected chi connectivity index (χ0v) is 15.1. The van der Waals surface area contributed by atoms with Crippen LogP contribution in [-0.4, -0.2) is 14.7 Å². The molecule has 0 radical (unpaired) electrons. The highest BCUT2D eigenvalue weighted by atomic mass is 79.9. The molecule has 2 heterocycles. The van der Waals surface area contributed by atoms with Gasteiger partial charge in [-0.3, -0.25) is 4.98 Å². The van der Waals surface area contributed by atoms with E-state index in [0.29, 0.717) is 0 Å². The van der Waals surface area contributed by atoms with E-state index in [1.165, 1.54) is 10.8 Å². The van der Waals surface area contributed by atoms with Gasteiger partial charge in [-0.2, -0.15) is 0 Å². The minimum Gasteiger partial charge on any atom is -0.386 e. The van der Waals surface area contributed by atoms with Crippen molar-refractivity contribution in [2.24, 2.45) is 0 Å². The smallest absolute Gasteiger partial charge is 0.0875 e. The summed E-state index contributed by atoms with van der Waals surface area (Å²) < 4.78 is 3.25. The molecule has 4 aromatic rings. The maximum absolute atomic E-state index is 10.6. The van der Waals surface area contributed by atoms with Crippen molar-refractivity contribution in [3.63, 3.8) is 0 Å². The molecule has 2 aromatic heterocycles. The Labute approximate surface area is 148 Å². The standard InChI is InChI=1S/C20H17BrN2O/c1-20(2,24)16-12-22-10-9-19(16)23-17-6-4-3-5-14(17)15-11-13(21)7-8-18(15)23/h3-12,24H,1-2H3. The first kappa shape index (κ1) is 15.4. The molecule has 0 spiro atoms. The zero-order chi connectivity index (χ0) is 16.9. The van der Waals surface area contributed by atoms with Crippen molar-refractivity contribution in [1.82, 2.24) is 9.55 Å². The molecular formula is C20H17BrN2O. The van der Waals surface area contributed by atoms with E-state index in [1.807, 2.05) is 18.2 Å². The Hall–Kier alpha value is -2.17. The van der Waals surface area contributed by atoms with Gasteiger partial charge in [0.15, 0.2) is 0 Å². The Morgan fingerprint density at radius 2 is 1.75 bits per heavy atom. The first-order valence-corrected chi connectivity index (χ1v) is 8.62. The van der Waals surface area contributed by atoms with Crippen LogP contribution in [0.2, 0.25) is 0 Å². The van der Waals surface area contributed by atoms with Crippen molar-refractivity contribution in [3.05, 3.63) is 71.0 Å². The highest BCUT2D eigenvalue weighted by Gasteiger charge is 2.23. The molecule has 0 fully saturated rings. The molecule has 3 nitrogen and oxygen atoms in total. The predicted octanol–water partition coefficient (Wildman–Crippen LogP) is 5.17. The molecule has 2 aromatic carbocycles. The van der Waals surface area contributed by atoms with Crippen LogP contribution in [0.4, 0.5) is 0 Å². The van der Waals surface area contributed by atoms with Crippen LogP contribution in [0, 0.1) is 0 Å². The summed E-state index contributed by atoms with van der Waals surface area (Å²) in [6, 6.07) is 16.6. The monoisotopic (exact) mass is 380 g/mol. The number of aliphatic hydroxyl groups is 1. The van der Waals surface area contributed by atoms with Crippen molar-refractivity contribution >= 4 is 37.7 Å². The van der Waals surface area contributed by atoms with E-state index < -0.39 is 5.60 Å². The van der Waals surface area contributed by atoms with Gasteiger partial charge >= 0.3 is 0 Å². The third-order valence-electron chi connectivity index (χ3n) is 4.33. The van der Waals surface area contributed by atoms with Crippen LogP contribution in [0.1, 0.15) is 19.4 Å². The van der Waals surface area contributed by atoms with E-state index >= 15 is 0 Å². The molecule has 0 atom stereocenters. The number of hydrogen-bond acceptors (Lipinski definition) is 2. The number of nitrogens with zero attached hydrogens (tertiary/aromatic N) is 2. The largest absolute Gasteiger partial charge is 0.386 e. The number of aromatic nitrogens is 2. The SMILES string of the molecule is CC(C)(O)c1cnccc1-n1c2ccccc2c2cc(Br)ccc21. The fourth-order valence-corrected chi connectivity index (χ4v) is 3.62. The summed E-state index contributed by atoms with van der Waals surface area (Å²) in [5.41, 5.74) is 3.00. The van der Waals surface area contributed by atoms with Crippen LogP contribution in [0.15, 0.2) is 65.4 Å². The predicted molar refractivity (Wildman–Crippen MR) is 102 cm³/mol. The third kappa shape index (κ3) is 2.34. The van der Waals surface area contributed by atoms with E-state index in [2.05, 4.69) is 55.8 Å². The molecule has 0 aliphatic heterocycles. The number of para-hydroxylation sites is 1. The molecule has 120 valence electrons. The second kappa shape index (κ2) is 5.43. The summed E-state index contributed by atoms with van der Waals surface area (Å²) in [6.45, 7) is 3.58. The topological polar surface area (TPSA) is 38.1 Å². The van der Waals surface area contributed by atoms with Gasteiger partial charge < -0.3 is 9.67 Å². The number of benzene rings is 2. The van der Waals surface area contributed by atoms with E-state index in [1.54, 1.807) is 26.2 Å².